The molecule has 0 heterocycles. The van der Waals surface area contributed by atoms with Crippen molar-refractivity contribution >= 4 is 38.8 Å². The Bertz CT molecular complexity index is 1170. The molecular weight excluding hydrogens is 346 g/mol. The predicted molar refractivity (Wildman–Crippen MR) is 108 cm³/mol. The number of nitro groups is 1. The van der Waals surface area contributed by atoms with E-state index >= 15 is 0 Å². The van der Waals surface area contributed by atoms with Crippen molar-refractivity contribution in [3.63, 3.8) is 0 Å². The van der Waals surface area contributed by atoms with Crippen molar-refractivity contribution in [3.8, 4) is 11.1 Å². The molecule has 0 N–H and O–H groups in total. The molecule has 0 aliphatic rings. The number of hydrogen-bond acceptors (Lipinski definition) is 2. The van der Waals surface area contributed by atoms with Crippen molar-refractivity contribution in [2.24, 2.45) is 0 Å². The average molecular weight is 362 g/mol. The van der Waals surface area contributed by atoms with Gasteiger partial charge in [-0.1, -0.05) is 67.1 Å². The maximum Gasteiger partial charge on any atom is 0.285 e. The molecule has 0 saturated carbocycles. The van der Waals surface area contributed by atoms with Crippen LogP contribution >= 0.6 is 11.6 Å². The van der Waals surface area contributed by atoms with Crippen molar-refractivity contribution in [1.82, 2.24) is 0 Å². The molecule has 128 valence electrons. The molecule has 0 aliphatic heterocycles. The summed E-state index contributed by atoms with van der Waals surface area (Å²) >= 11 is 6.26. The van der Waals surface area contributed by atoms with Gasteiger partial charge in [0.2, 0.25) is 0 Å². The van der Waals surface area contributed by atoms with Crippen LogP contribution in [-0.4, -0.2) is 4.92 Å². The van der Waals surface area contributed by atoms with Gasteiger partial charge in [0, 0.05) is 5.02 Å². The van der Waals surface area contributed by atoms with E-state index in [0.717, 1.165) is 33.7 Å². The lowest BCUT2D eigenvalue weighted by atomic mass is 9.88. The van der Waals surface area contributed by atoms with Gasteiger partial charge in [0.15, 0.2) is 0 Å². The molecule has 26 heavy (non-hydrogen) atoms. The van der Waals surface area contributed by atoms with Crippen LogP contribution in [0, 0.1) is 10.1 Å². The Kier molecular flexibility index (Phi) is 4.09. The summed E-state index contributed by atoms with van der Waals surface area (Å²) in [7, 11) is 0. The first kappa shape index (κ1) is 16.6. The Morgan fingerprint density at radius 1 is 0.885 bits per heavy atom. The fourth-order valence-corrected chi connectivity index (χ4v) is 3.85. The number of halogens is 1. The second-order valence-electron chi connectivity index (χ2n) is 6.23. The molecule has 0 spiro atoms. The lowest BCUT2D eigenvalue weighted by Crippen LogP contribution is -1.98. The van der Waals surface area contributed by atoms with Crippen LogP contribution in [0.25, 0.3) is 32.7 Å². The molecule has 4 aromatic carbocycles. The molecule has 0 amide bonds. The van der Waals surface area contributed by atoms with E-state index in [1.165, 1.54) is 0 Å². The summed E-state index contributed by atoms with van der Waals surface area (Å²) in [4.78, 5) is 11.8. The summed E-state index contributed by atoms with van der Waals surface area (Å²) < 4.78 is 0. The zero-order valence-corrected chi connectivity index (χ0v) is 15.0. The van der Waals surface area contributed by atoms with Gasteiger partial charge in [-0.15, -0.1) is 0 Å². The third-order valence-corrected chi connectivity index (χ3v) is 5.05. The Labute approximate surface area is 156 Å². The van der Waals surface area contributed by atoms with Crippen LogP contribution in [0.3, 0.4) is 0 Å². The number of benzene rings is 4. The third kappa shape index (κ3) is 2.52. The van der Waals surface area contributed by atoms with Crippen molar-refractivity contribution in [1.29, 1.82) is 0 Å². The minimum atomic E-state index is -0.273. The minimum absolute atomic E-state index is 0.135. The van der Waals surface area contributed by atoms with Crippen molar-refractivity contribution in [3.05, 3.63) is 87.4 Å². The summed E-state index contributed by atoms with van der Waals surface area (Å²) in [5.41, 5.74) is 2.64. The quantitative estimate of drug-likeness (QED) is 0.229. The molecule has 4 aromatic rings. The SMILES string of the molecule is CCc1ccc(Cl)cc1-c1c([N+](=O)[O-])c2ccccc2c2ccccc12. The molecule has 0 aromatic heterocycles. The van der Waals surface area contributed by atoms with Gasteiger partial charge >= 0.3 is 0 Å². The van der Waals surface area contributed by atoms with Crippen LogP contribution in [-0.2, 0) is 6.42 Å². The highest BCUT2D eigenvalue weighted by atomic mass is 35.5. The van der Waals surface area contributed by atoms with Gasteiger partial charge in [-0.05, 0) is 51.9 Å². The number of rotatable bonds is 3. The van der Waals surface area contributed by atoms with E-state index in [4.69, 9.17) is 11.6 Å². The van der Waals surface area contributed by atoms with Crippen molar-refractivity contribution in [2.45, 2.75) is 13.3 Å². The van der Waals surface area contributed by atoms with Gasteiger partial charge in [-0.25, -0.2) is 0 Å². The van der Waals surface area contributed by atoms with E-state index in [0.29, 0.717) is 16.0 Å². The zero-order valence-electron chi connectivity index (χ0n) is 14.2. The van der Waals surface area contributed by atoms with E-state index in [-0.39, 0.29) is 10.6 Å². The molecule has 0 aliphatic carbocycles. The lowest BCUT2D eigenvalue weighted by Gasteiger charge is -2.15. The monoisotopic (exact) mass is 361 g/mol. The molecule has 0 radical (unpaired) electrons. The second-order valence-corrected chi connectivity index (χ2v) is 6.66. The summed E-state index contributed by atoms with van der Waals surface area (Å²) in [6.45, 7) is 2.04. The first-order valence-corrected chi connectivity index (χ1v) is 8.86. The van der Waals surface area contributed by atoms with E-state index in [1.54, 1.807) is 0 Å². The predicted octanol–water partition coefficient (Wildman–Crippen LogP) is 6.78. The number of aryl methyl sites for hydroxylation is 1. The summed E-state index contributed by atoms with van der Waals surface area (Å²) in [5.74, 6) is 0. The Hall–Kier alpha value is -2.91. The normalized spacial score (nSPS) is 11.2. The highest BCUT2D eigenvalue weighted by Gasteiger charge is 2.25. The molecule has 3 nitrogen and oxygen atoms in total. The number of nitrogens with zero attached hydrogens (tertiary/aromatic N) is 1. The number of nitro benzene ring substituents is 1. The van der Waals surface area contributed by atoms with Crippen LogP contribution in [0.5, 0.6) is 0 Å². The van der Waals surface area contributed by atoms with Gasteiger partial charge < -0.3 is 0 Å². The molecule has 0 fully saturated rings. The Morgan fingerprint density at radius 2 is 1.46 bits per heavy atom. The molecule has 0 bridgehead atoms. The summed E-state index contributed by atoms with van der Waals surface area (Å²) in [6, 6.07) is 21.0. The fraction of sp³-hybridized carbons (Fsp3) is 0.0909. The van der Waals surface area contributed by atoms with Gasteiger partial charge in [-0.2, -0.15) is 0 Å². The van der Waals surface area contributed by atoms with Gasteiger partial charge in [0.1, 0.15) is 0 Å². The fourth-order valence-electron chi connectivity index (χ4n) is 3.67. The zero-order chi connectivity index (χ0) is 18.3. The smallest absolute Gasteiger partial charge is 0.258 e. The number of hydrogen-bond donors (Lipinski definition) is 0. The van der Waals surface area contributed by atoms with E-state index in [9.17, 15) is 10.1 Å². The molecule has 0 unspecified atom stereocenters. The van der Waals surface area contributed by atoms with Crippen LogP contribution < -0.4 is 0 Å². The van der Waals surface area contributed by atoms with E-state index in [1.807, 2.05) is 73.7 Å². The van der Waals surface area contributed by atoms with Crippen LogP contribution in [0.1, 0.15) is 12.5 Å². The Morgan fingerprint density at radius 3 is 2.08 bits per heavy atom. The standard InChI is InChI=1S/C22H16ClNO2/c1-2-14-11-12-15(23)13-20(14)21-18-9-5-3-7-16(18)17-8-4-6-10-19(17)22(21)24(25)26/h3-13H,2H2,1H3. The second kappa shape index (κ2) is 6.43. The van der Waals surface area contributed by atoms with Crippen molar-refractivity contribution in [2.75, 3.05) is 0 Å². The molecule has 4 rings (SSSR count). The topological polar surface area (TPSA) is 43.1 Å². The van der Waals surface area contributed by atoms with Crippen LogP contribution in [0.4, 0.5) is 5.69 Å². The molecule has 0 atom stereocenters. The summed E-state index contributed by atoms with van der Waals surface area (Å²) in [5, 5.41) is 16.1. The number of fused-ring (bicyclic) bond motifs is 3. The average Bonchev–Trinajstić information content (AvgIpc) is 2.66. The molecular formula is C22H16ClNO2. The van der Waals surface area contributed by atoms with Crippen LogP contribution in [0.2, 0.25) is 5.02 Å². The highest BCUT2D eigenvalue weighted by molar-refractivity contribution is 6.31. The molecule has 4 heteroatoms. The maximum absolute atomic E-state index is 12.1. The van der Waals surface area contributed by atoms with Crippen molar-refractivity contribution < 1.29 is 4.92 Å². The van der Waals surface area contributed by atoms with Crippen LogP contribution in [0.15, 0.2) is 66.7 Å². The van der Waals surface area contributed by atoms with Gasteiger partial charge in [0.05, 0.1) is 15.9 Å². The maximum atomic E-state index is 12.1. The van der Waals surface area contributed by atoms with Gasteiger partial charge in [-0.3, -0.25) is 10.1 Å². The third-order valence-electron chi connectivity index (χ3n) is 4.81. The summed E-state index contributed by atoms with van der Waals surface area (Å²) in [6.07, 6.45) is 0.769. The molecule has 0 saturated heterocycles. The van der Waals surface area contributed by atoms with Gasteiger partial charge in [0.25, 0.3) is 5.69 Å². The first-order chi connectivity index (χ1) is 12.6. The van der Waals surface area contributed by atoms with E-state index in [2.05, 4.69) is 0 Å². The minimum Gasteiger partial charge on any atom is -0.258 e. The lowest BCUT2D eigenvalue weighted by molar-refractivity contribution is -0.382. The van der Waals surface area contributed by atoms with E-state index < -0.39 is 0 Å². The first-order valence-electron chi connectivity index (χ1n) is 8.48. The largest absolute Gasteiger partial charge is 0.285 e. The highest BCUT2D eigenvalue weighted by Crippen LogP contribution is 2.45. The Balaban J connectivity index is 2.30.